The van der Waals surface area contributed by atoms with Crippen molar-refractivity contribution in [1.29, 1.82) is 0 Å². The Labute approximate surface area is 122 Å². The Bertz CT molecular complexity index is 664. The molecule has 0 aromatic carbocycles. The maximum atomic E-state index is 12.2. The maximum Gasteiger partial charge on any atom is 0.269 e. The summed E-state index contributed by atoms with van der Waals surface area (Å²) in [6.07, 6.45) is 4.54. The minimum atomic E-state index is -0.627. The average Bonchev–Trinajstić information content (AvgIpc) is 2.76. The van der Waals surface area contributed by atoms with Gasteiger partial charge in [-0.15, -0.1) is 0 Å². The van der Waals surface area contributed by atoms with Gasteiger partial charge in [0, 0.05) is 25.0 Å². The lowest BCUT2D eigenvalue weighted by molar-refractivity contribution is 0.0992. The first kappa shape index (κ1) is 14.7. The number of nitrogens with zero attached hydrogens (tertiary/aromatic N) is 3. The van der Waals surface area contributed by atoms with Gasteiger partial charge in [-0.1, -0.05) is 13.3 Å². The number of primary amides is 1. The Kier molecular flexibility index (Phi) is 4.32. The van der Waals surface area contributed by atoms with E-state index in [4.69, 9.17) is 5.73 Å². The van der Waals surface area contributed by atoms with Gasteiger partial charge in [0.2, 0.25) is 0 Å². The molecular weight excluding hydrogens is 270 g/mol. The SMILES string of the molecule is CCCc1nn(C)c(C(N)=O)c1NC(=O)c1ccncc1. The van der Waals surface area contributed by atoms with Crippen molar-refractivity contribution in [3.05, 3.63) is 41.5 Å². The summed E-state index contributed by atoms with van der Waals surface area (Å²) >= 11 is 0. The molecule has 2 amide bonds. The number of aryl methyl sites for hydroxylation is 2. The molecule has 2 rings (SSSR count). The molecule has 2 aromatic heterocycles. The molecule has 2 heterocycles. The molecule has 7 nitrogen and oxygen atoms in total. The second-order valence-corrected chi connectivity index (χ2v) is 4.60. The van der Waals surface area contributed by atoms with E-state index >= 15 is 0 Å². The van der Waals surface area contributed by atoms with Crippen LogP contribution in [0.25, 0.3) is 0 Å². The zero-order chi connectivity index (χ0) is 15.4. The first-order valence-corrected chi connectivity index (χ1v) is 6.61. The Morgan fingerprint density at radius 1 is 1.33 bits per heavy atom. The van der Waals surface area contributed by atoms with Crippen LogP contribution in [0.5, 0.6) is 0 Å². The minimum absolute atomic E-state index is 0.195. The summed E-state index contributed by atoms with van der Waals surface area (Å²) in [5.41, 5.74) is 7.06. The number of anilines is 1. The summed E-state index contributed by atoms with van der Waals surface area (Å²) in [6.45, 7) is 1.99. The van der Waals surface area contributed by atoms with Crippen LogP contribution in [0.2, 0.25) is 0 Å². The molecule has 21 heavy (non-hydrogen) atoms. The van der Waals surface area contributed by atoms with Gasteiger partial charge in [0.25, 0.3) is 11.8 Å². The van der Waals surface area contributed by atoms with E-state index in [1.165, 1.54) is 17.1 Å². The van der Waals surface area contributed by atoms with Gasteiger partial charge in [-0.05, 0) is 18.6 Å². The van der Waals surface area contributed by atoms with Crippen LogP contribution in [0.1, 0.15) is 39.9 Å². The van der Waals surface area contributed by atoms with Crippen molar-refractivity contribution in [3.8, 4) is 0 Å². The lowest BCUT2D eigenvalue weighted by Gasteiger charge is -2.07. The van der Waals surface area contributed by atoms with E-state index in [9.17, 15) is 9.59 Å². The molecule has 0 bridgehead atoms. The fourth-order valence-electron chi connectivity index (χ4n) is 2.09. The fraction of sp³-hybridized carbons (Fsp3) is 0.286. The molecule has 0 spiro atoms. The molecule has 0 saturated heterocycles. The Morgan fingerprint density at radius 2 is 2.00 bits per heavy atom. The quantitative estimate of drug-likeness (QED) is 0.860. The van der Waals surface area contributed by atoms with Crippen molar-refractivity contribution >= 4 is 17.5 Å². The molecule has 0 atom stereocenters. The predicted octanol–water partition coefficient (Wildman–Crippen LogP) is 1.12. The molecule has 0 unspecified atom stereocenters. The number of nitrogens with two attached hydrogens (primary N) is 1. The molecular formula is C14H17N5O2. The van der Waals surface area contributed by atoms with Crippen LogP contribution < -0.4 is 11.1 Å². The molecule has 2 aromatic rings. The van der Waals surface area contributed by atoms with Gasteiger partial charge in [0.05, 0.1) is 11.4 Å². The molecule has 110 valence electrons. The van der Waals surface area contributed by atoms with Crippen molar-refractivity contribution in [1.82, 2.24) is 14.8 Å². The summed E-state index contributed by atoms with van der Waals surface area (Å²) in [7, 11) is 1.63. The summed E-state index contributed by atoms with van der Waals surface area (Å²) in [5, 5.41) is 6.99. The largest absolute Gasteiger partial charge is 0.364 e. The number of nitrogens with one attached hydrogen (secondary N) is 1. The van der Waals surface area contributed by atoms with Crippen molar-refractivity contribution in [3.63, 3.8) is 0 Å². The van der Waals surface area contributed by atoms with E-state index in [1.807, 2.05) is 6.92 Å². The lowest BCUT2D eigenvalue weighted by Crippen LogP contribution is -2.20. The smallest absolute Gasteiger partial charge is 0.269 e. The highest BCUT2D eigenvalue weighted by Gasteiger charge is 2.21. The molecule has 0 saturated carbocycles. The summed E-state index contributed by atoms with van der Waals surface area (Å²) in [5.74, 6) is -0.956. The average molecular weight is 287 g/mol. The fourth-order valence-corrected chi connectivity index (χ4v) is 2.09. The minimum Gasteiger partial charge on any atom is -0.364 e. The van der Waals surface area contributed by atoms with E-state index in [1.54, 1.807) is 19.2 Å². The third-order valence-corrected chi connectivity index (χ3v) is 3.02. The monoisotopic (exact) mass is 287 g/mol. The second-order valence-electron chi connectivity index (χ2n) is 4.60. The van der Waals surface area contributed by atoms with Gasteiger partial charge in [-0.2, -0.15) is 5.10 Å². The van der Waals surface area contributed by atoms with Crippen molar-refractivity contribution in [2.24, 2.45) is 12.8 Å². The zero-order valence-electron chi connectivity index (χ0n) is 12.0. The highest BCUT2D eigenvalue weighted by Crippen LogP contribution is 2.22. The zero-order valence-corrected chi connectivity index (χ0v) is 12.0. The number of hydrogen-bond donors (Lipinski definition) is 2. The molecule has 7 heteroatoms. The molecule has 0 aliphatic carbocycles. The third kappa shape index (κ3) is 3.07. The summed E-state index contributed by atoms with van der Waals surface area (Å²) in [6, 6.07) is 3.18. The number of hydrogen-bond acceptors (Lipinski definition) is 4. The van der Waals surface area contributed by atoms with Gasteiger partial charge in [-0.3, -0.25) is 19.3 Å². The molecule has 0 aliphatic heterocycles. The number of pyridine rings is 1. The van der Waals surface area contributed by atoms with Crippen LogP contribution in [0.4, 0.5) is 5.69 Å². The highest BCUT2D eigenvalue weighted by molar-refractivity contribution is 6.08. The van der Waals surface area contributed by atoms with Gasteiger partial charge in [-0.25, -0.2) is 0 Å². The molecule has 0 aliphatic rings. The number of carbonyl (C=O) groups is 2. The van der Waals surface area contributed by atoms with Gasteiger partial charge < -0.3 is 11.1 Å². The maximum absolute atomic E-state index is 12.2. The normalized spacial score (nSPS) is 10.4. The van der Waals surface area contributed by atoms with Crippen LogP contribution in [-0.4, -0.2) is 26.6 Å². The van der Waals surface area contributed by atoms with Crippen molar-refractivity contribution < 1.29 is 9.59 Å². The van der Waals surface area contributed by atoms with E-state index in [-0.39, 0.29) is 11.6 Å². The van der Waals surface area contributed by atoms with Crippen LogP contribution in [0.3, 0.4) is 0 Å². The standard InChI is InChI=1S/C14H17N5O2/c1-3-4-10-11(12(13(15)20)19(2)18-10)17-14(21)9-5-7-16-8-6-9/h5-8H,3-4H2,1-2H3,(H2,15,20)(H,17,21). The van der Waals surface area contributed by atoms with E-state index in [0.717, 1.165) is 6.42 Å². The topological polar surface area (TPSA) is 103 Å². The first-order valence-electron chi connectivity index (χ1n) is 6.61. The number of rotatable bonds is 5. The van der Waals surface area contributed by atoms with E-state index in [0.29, 0.717) is 23.4 Å². The third-order valence-electron chi connectivity index (χ3n) is 3.02. The lowest BCUT2D eigenvalue weighted by atomic mass is 10.1. The van der Waals surface area contributed by atoms with E-state index in [2.05, 4.69) is 15.4 Å². The van der Waals surface area contributed by atoms with Gasteiger partial charge in [0.15, 0.2) is 0 Å². The number of aromatic nitrogens is 3. The van der Waals surface area contributed by atoms with Gasteiger partial charge >= 0.3 is 0 Å². The number of carbonyl (C=O) groups excluding carboxylic acids is 2. The van der Waals surface area contributed by atoms with Crippen LogP contribution in [0, 0.1) is 0 Å². The van der Waals surface area contributed by atoms with Crippen LogP contribution in [0.15, 0.2) is 24.5 Å². The van der Waals surface area contributed by atoms with Crippen molar-refractivity contribution in [2.45, 2.75) is 19.8 Å². The Morgan fingerprint density at radius 3 is 2.57 bits per heavy atom. The highest BCUT2D eigenvalue weighted by atomic mass is 16.2. The molecule has 0 radical (unpaired) electrons. The summed E-state index contributed by atoms with van der Waals surface area (Å²) < 4.78 is 1.40. The number of amides is 2. The first-order chi connectivity index (χ1) is 10.0. The molecule has 3 N–H and O–H groups in total. The Hall–Kier alpha value is -2.70. The van der Waals surface area contributed by atoms with E-state index < -0.39 is 5.91 Å². The van der Waals surface area contributed by atoms with Gasteiger partial charge in [0.1, 0.15) is 5.69 Å². The van der Waals surface area contributed by atoms with Crippen LogP contribution in [-0.2, 0) is 13.5 Å². The second kappa shape index (κ2) is 6.17. The Balaban J connectivity index is 2.38. The van der Waals surface area contributed by atoms with Crippen LogP contribution >= 0.6 is 0 Å². The molecule has 0 fully saturated rings. The summed E-state index contributed by atoms with van der Waals surface area (Å²) in [4.78, 5) is 27.7. The van der Waals surface area contributed by atoms with Crippen molar-refractivity contribution in [2.75, 3.05) is 5.32 Å². The predicted molar refractivity (Wildman–Crippen MR) is 77.9 cm³/mol.